The minimum absolute atomic E-state index is 0.795. The van der Waals surface area contributed by atoms with Crippen LogP contribution in [0.25, 0.3) is 0 Å². The summed E-state index contributed by atoms with van der Waals surface area (Å²) >= 11 is 12.2. The van der Waals surface area contributed by atoms with Crippen molar-refractivity contribution in [2.45, 2.75) is 20.8 Å². The Bertz CT molecular complexity index is 227. The molecule has 0 radical (unpaired) electrons. The minimum atomic E-state index is 0.795. The van der Waals surface area contributed by atoms with Gasteiger partial charge in [0.1, 0.15) is 7.85 Å². The molecule has 0 nitrogen and oxygen atoms in total. The Hall–Kier alpha value is -0.135. The van der Waals surface area contributed by atoms with E-state index in [2.05, 4.69) is 0 Å². The van der Waals surface area contributed by atoms with Crippen LogP contribution in [0, 0.1) is 20.8 Å². The third kappa shape index (κ3) is 1.36. The summed E-state index contributed by atoms with van der Waals surface area (Å²) in [5.41, 5.74) is 4.45. The lowest BCUT2D eigenvalue weighted by atomic mass is 9.85. The van der Waals surface area contributed by atoms with Crippen molar-refractivity contribution in [1.29, 1.82) is 0 Å². The fourth-order valence-electron chi connectivity index (χ4n) is 1.27. The van der Waals surface area contributed by atoms with Gasteiger partial charge in [0.05, 0.1) is 0 Å². The van der Waals surface area contributed by atoms with Crippen LogP contribution in [0.15, 0.2) is 0 Å². The highest BCUT2D eigenvalue weighted by atomic mass is 35.5. The van der Waals surface area contributed by atoms with Crippen LogP contribution in [0.1, 0.15) is 16.7 Å². The van der Waals surface area contributed by atoms with Gasteiger partial charge in [-0.2, -0.15) is 0 Å². The normalized spacial score (nSPS) is 10.4. The molecule has 0 heterocycles. The Kier molecular flexibility index (Phi) is 2.75. The van der Waals surface area contributed by atoms with E-state index < -0.39 is 0 Å². The van der Waals surface area contributed by atoms with Crippen LogP contribution < -0.4 is 5.46 Å². The first-order valence-electron chi connectivity index (χ1n) is 3.88. The quantitative estimate of drug-likeness (QED) is 0.564. The van der Waals surface area contributed by atoms with Crippen molar-refractivity contribution in [1.82, 2.24) is 0 Å². The first-order chi connectivity index (χ1) is 5.46. The zero-order valence-electron chi connectivity index (χ0n) is 7.76. The molecule has 0 N–H and O–H groups in total. The fourth-order valence-corrected chi connectivity index (χ4v) is 1.79. The predicted octanol–water partition coefficient (Wildman–Crippen LogP) is 2.18. The lowest BCUT2D eigenvalue weighted by molar-refractivity contribution is 1.35. The Balaban J connectivity index is 3.60. The van der Waals surface area contributed by atoms with Gasteiger partial charge in [-0.25, -0.2) is 0 Å². The second kappa shape index (κ2) is 3.31. The molecule has 0 amide bonds. The second-order valence-electron chi connectivity index (χ2n) is 3.13. The van der Waals surface area contributed by atoms with Gasteiger partial charge in [0.2, 0.25) is 0 Å². The van der Waals surface area contributed by atoms with Crippen molar-refractivity contribution in [3.8, 4) is 0 Å². The smallest absolute Gasteiger partial charge is 0.0837 e. The van der Waals surface area contributed by atoms with Gasteiger partial charge in [0.15, 0.2) is 0 Å². The van der Waals surface area contributed by atoms with Crippen LogP contribution in [-0.4, -0.2) is 7.85 Å². The summed E-state index contributed by atoms with van der Waals surface area (Å²) in [4.78, 5) is 0. The average Bonchev–Trinajstić information content (AvgIpc) is 2.08. The third-order valence-electron chi connectivity index (χ3n) is 2.44. The van der Waals surface area contributed by atoms with Gasteiger partial charge in [-0.05, 0) is 37.5 Å². The zero-order chi connectivity index (χ0) is 9.46. The average molecular weight is 201 g/mol. The Morgan fingerprint density at radius 3 is 1.50 bits per heavy atom. The van der Waals surface area contributed by atoms with Gasteiger partial charge in [-0.15, -0.1) is 0 Å². The van der Waals surface area contributed by atoms with E-state index in [1.165, 1.54) is 5.46 Å². The summed E-state index contributed by atoms with van der Waals surface area (Å²) in [6.45, 7) is 5.99. The molecular formula is C9H11BCl2. The summed E-state index contributed by atoms with van der Waals surface area (Å²) in [5.74, 6) is 0. The molecule has 0 aromatic heterocycles. The zero-order valence-corrected chi connectivity index (χ0v) is 9.27. The van der Waals surface area contributed by atoms with Gasteiger partial charge < -0.3 is 0 Å². The molecule has 0 bridgehead atoms. The molecule has 0 aliphatic heterocycles. The second-order valence-corrected chi connectivity index (χ2v) is 3.88. The van der Waals surface area contributed by atoms with Crippen LogP contribution >= 0.6 is 23.2 Å². The van der Waals surface area contributed by atoms with Crippen molar-refractivity contribution < 1.29 is 0 Å². The van der Waals surface area contributed by atoms with E-state index in [9.17, 15) is 0 Å². The first kappa shape index (κ1) is 9.95. The van der Waals surface area contributed by atoms with Crippen molar-refractivity contribution in [3.63, 3.8) is 0 Å². The number of hydrogen-bond donors (Lipinski definition) is 0. The van der Waals surface area contributed by atoms with E-state index in [1.54, 1.807) is 0 Å². The molecule has 1 rings (SSSR count). The van der Waals surface area contributed by atoms with Gasteiger partial charge in [0.25, 0.3) is 0 Å². The molecule has 0 fully saturated rings. The number of benzene rings is 1. The highest BCUT2D eigenvalue weighted by Gasteiger charge is 2.10. The largest absolute Gasteiger partial charge is 0.140 e. The minimum Gasteiger partial charge on any atom is -0.0837 e. The van der Waals surface area contributed by atoms with Crippen molar-refractivity contribution in [3.05, 3.63) is 26.7 Å². The Labute approximate surface area is 84.3 Å². The highest BCUT2D eigenvalue weighted by molar-refractivity contribution is 6.43. The molecule has 0 aliphatic rings. The molecule has 12 heavy (non-hydrogen) atoms. The van der Waals surface area contributed by atoms with Crippen LogP contribution in [0.4, 0.5) is 0 Å². The highest BCUT2D eigenvalue weighted by Crippen LogP contribution is 2.27. The van der Waals surface area contributed by atoms with E-state index in [1.807, 2.05) is 28.6 Å². The molecule has 0 atom stereocenters. The standard InChI is InChI=1S/C9H11BCl2/c1-4-7(10)5(2)9(12)6(3)8(4)11/h10H2,1-3H3. The number of hydrogen-bond acceptors (Lipinski definition) is 0. The van der Waals surface area contributed by atoms with Crippen LogP contribution in [0.5, 0.6) is 0 Å². The number of halogens is 2. The summed E-state index contributed by atoms with van der Waals surface area (Å²) in [6, 6.07) is 0. The van der Waals surface area contributed by atoms with Crippen molar-refractivity contribution in [2.24, 2.45) is 0 Å². The van der Waals surface area contributed by atoms with Gasteiger partial charge in [0, 0.05) is 10.0 Å². The topological polar surface area (TPSA) is 0 Å². The lowest BCUT2D eigenvalue weighted by Gasteiger charge is -2.12. The molecule has 0 saturated carbocycles. The summed E-state index contributed by atoms with van der Waals surface area (Å²) in [7, 11) is 2.04. The molecule has 3 heteroatoms. The molecule has 1 aromatic rings. The maximum absolute atomic E-state index is 6.08. The molecule has 1 aromatic carbocycles. The first-order valence-corrected chi connectivity index (χ1v) is 4.63. The Morgan fingerprint density at radius 1 is 0.833 bits per heavy atom. The van der Waals surface area contributed by atoms with E-state index >= 15 is 0 Å². The van der Waals surface area contributed by atoms with E-state index in [0.29, 0.717) is 0 Å². The SMILES string of the molecule is Bc1c(C)c(Cl)c(C)c(Cl)c1C. The van der Waals surface area contributed by atoms with E-state index in [4.69, 9.17) is 23.2 Å². The summed E-state index contributed by atoms with van der Waals surface area (Å²) in [6.07, 6.45) is 0. The molecule has 64 valence electrons. The number of rotatable bonds is 0. The molecule has 0 unspecified atom stereocenters. The van der Waals surface area contributed by atoms with Crippen molar-refractivity contribution in [2.75, 3.05) is 0 Å². The van der Waals surface area contributed by atoms with Crippen molar-refractivity contribution >= 4 is 36.5 Å². The molecule has 0 aliphatic carbocycles. The van der Waals surface area contributed by atoms with E-state index in [0.717, 1.165) is 26.7 Å². The van der Waals surface area contributed by atoms with Crippen LogP contribution in [0.3, 0.4) is 0 Å². The molecule has 0 saturated heterocycles. The van der Waals surface area contributed by atoms with Crippen LogP contribution in [-0.2, 0) is 0 Å². The van der Waals surface area contributed by atoms with Crippen LogP contribution in [0.2, 0.25) is 10.0 Å². The Morgan fingerprint density at radius 2 is 1.17 bits per heavy atom. The maximum atomic E-state index is 6.08. The lowest BCUT2D eigenvalue weighted by Crippen LogP contribution is -2.13. The molecule has 0 spiro atoms. The van der Waals surface area contributed by atoms with Gasteiger partial charge in [-0.1, -0.05) is 28.7 Å². The van der Waals surface area contributed by atoms with Gasteiger partial charge >= 0.3 is 0 Å². The fraction of sp³-hybridized carbons (Fsp3) is 0.333. The summed E-state index contributed by atoms with van der Waals surface area (Å²) in [5, 5.41) is 1.59. The van der Waals surface area contributed by atoms with Gasteiger partial charge in [-0.3, -0.25) is 0 Å². The summed E-state index contributed by atoms with van der Waals surface area (Å²) < 4.78 is 0. The third-order valence-corrected chi connectivity index (χ3v) is 3.58. The monoisotopic (exact) mass is 200 g/mol. The maximum Gasteiger partial charge on any atom is 0.140 e. The predicted molar refractivity (Wildman–Crippen MR) is 58.9 cm³/mol. The van der Waals surface area contributed by atoms with E-state index in [-0.39, 0.29) is 0 Å². The molecular weight excluding hydrogens is 190 g/mol.